The van der Waals surface area contributed by atoms with Gasteiger partial charge in [0.1, 0.15) is 0 Å². The van der Waals surface area contributed by atoms with Crippen molar-refractivity contribution in [1.82, 2.24) is 19.9 Å². The molecule has 0 amide bonds. The fourth-order valence-corrected chi connectivity index (χ4v) is 1.33. The Morgan fingerprint density at radius 3 is 2.79 bits per heavy atom. The molecule has 5 N–H and O–H groups in total. The zero-order valence-corrected chi connectivity index (χ0v) is 8.43. The predicted molar refractivity (Wildman–Crippen MR) is 52.1 cm³/mol. The van der Waals surface area contributed by atoms with E-state index < -0.39 is 10.0 Å². The standard InChI is InChI=1S/C5H12N6O2S/c1-7-14(12,13)3-2-8-5-9-4(6)10-11-5/h7H,2-3H2,1H3,(H4,6,8,9,10,11). The lowest BCUT2D eigenvalue weighted by Crippen LogP contribution is -2.26. The second kappa shape index (κ2) is 4.24. The normalized spacial score (nSPS) is 11.5. The minimum atomic E-state index is -3.19. The van der Waals surface area contributed by atoms with Gasteiger partial charge in [-0.25, -0.2) is 18.2 Å². The van der Waals surface area contributed by atoms with Crippen molar-refractivity contribution in [3.8, 4) is 0 Å². The zero-order valence-electron chi connectivity index (χ0n) is 7.61. The first-order valence-electron chi connectivity index (χ1n) is 3.86. The molecule has 0 atom stereocenters. The van der Waals surface area contributed by atoms with Crippen molar-refractivity contribution in [2.24, 2.45) is 0 Å². The van der Waals surface area contributed by atoms with Crippen LogP contribution in [0.15, 0.2) is 0 Å². The van der Waals surface area contributed by atoms with Gasteiger partial charge in [0.2, 0.25) is 21.9 Å². The number of rotatable bonds is 5. The maximum absolute atomic E-state index is 11.0. The van der Waals surface area contributed by atoms with Crippen LogP contribution in [0.3, 0.4) is 0 Å². The molecule has 1 heterocycles. The van der Waals surface area contributed by atoms with Crippen LogP contribution < -0.4 is 15.8 Å². The highest BCUT2D eigenvalue weighted by Crippen LogP contribution is 1.97. The molecule has 0 aliphatic rings. The van der Waals surface area contributed by atoms with Crippen LogP contribution in [-0.2, 0) is 10.0 Å². The van der Waals surface area contributed by atoms with Crippen LogP contribution in [0.25, 0.3) is 0 Å². The van der Waals surface area contributed by atoms with E-state index >= 15 is 0 Å². The lowest BCUT2D eigenvalue weighted by atomic mass is 10.7. The quantitative estimate of drug-likeness (QED) is 0.471. The third-order valence-electron chi connectivity index (χ3n) is 1.47. The SMILES string of the molecule is CNS(=O)(=O)CCNc1n[nH]c(N)n1. The molecule has 0 fully saturated rings. The van der Waals surface area contributed by atoms with Crippen LogP contribution in [-0.4, -0.2) is 42.9 Å². The maximum atomic E-state index is 11.0. The van der Waals surface area contributed by atoms with Gasteiger partial charge in [-0.3, -0.25) is 0 Å². The molecule has 0 unspecified atom stereocenters. The Labute approximate surface area is 81.3 Å². The van der Waals surface area contributed by atoms with E-state index in [1.165, 1.54) is 7.05 Å². The first kappa shape index (κ1) is 10.7. The van der Waals surface area contributed by atoms with Crippen LogP contribution in [0.5, 0.6) is 0 Å². The Morgan fingerprint density at radius 2 is 2.29 bits per heavy atom. The number of anilines is 2. The molecule has 0 saturated heterocycles. The molecule has 0 saturated carbocycles. The molecule has 0 aliphatic heterocycles. The summed E-state index contributed by atoms with van der Waals surface area (Å²) in [7, 11) is -1.83. The van der Waals surface area contributed by atoms with E-state index in [1.807, 2.05) is 0 Å². The molecule has 1 rings (SSSR count). The smallest absolute Gasteiger partial charge is 0.243 e. The first-order valence-corrected chi connectivity index (χ1v) is 5.52. The Kier molecular flexibility index (Phi) is 3.25. The predicted octanol–water partition coefficient (Wildman–Crippen LogP) is -1.65. The molecule has 0 radical (unpaired) electrons. The van der Waals surface area contributed by atoms with Gasteiger partial charge < -0.3 is 11.1 Å². The zero-order chi connectivity index (χ0) is 10.6. The molecule has 14 heavy (non-hydrogen) atoms. The Bertz CT molecular complexity index is 385. The molecular weight excluding hydrogens is 208 g/mol. The topological polar surface area (TPSA) is 126 Å². The number of hydrogen-bond donors (Lipinski definition) is 4. The lowest BCUT2D eigenvalue weighted by molar-refractivity contribution is 0.588. The summed E-state index contributed by atoms with van der Waals surface area (Å²) >= 11 is 0. The minimum absolute atomic E-state index is 0.0437. The number of aromatic nitrogens is 3. The van der Waals surface area contributed by atoms with Gasteiger partial charge in [-0.2, -0.15) is 4.98 Å². The fraction of sp³-hybridized carbons (Fsp3) is 0.600. The molecule has 8 nitrogen and oxygen atoms in total. The summed E-state index contributed by atoms with van der Waals surface area (Å²) in [5.74, 6) is 0.426. The summed E-state index contributed by atoms with van der Waals surface area (Å²) in [6.45, 7) is 0.223. The van der Waals surface area contributed by atoms with E-state index in [4.69, 9.17) is 5.73 Å². The summed E-state index contributed by atoms with van der Waals surface area (Å²) in [5.41, 5.74) is 5.26. The molecule has 0 aliphatic carbocycles. The van der Waals surface area contributed by atoms with Crippen LogP contribution in [0, 0.1) is 0 Å². The summed E-state index contributed by atoms with van der Waals surface area (Å²) in [4.78, 5) is 3.74. The van der Waals surface area contributed by atoms with Gasteiger partial charge in [0.05, 0.1) is 5.75 Å². The molecule has 0 bridgehead atoms. The molecule has 0 spiro atoms. The molecule has 1 aromatic heterocycles. The van der Waals surface area contributed by atoms with E-state index in [2.05, 4.69) is 25.2 Å². The average molecular weight is 220 g/mol. The minimum Gasteiger partial charge on any atom is -0.368 e. The van der Waals surface area contributed by atoms with Crippen molar-refractivity contribution in [3.63, 3.8) is 0 Å². The molecule has 0 aromatic carbocycles. The number of nitrogen functional groups attached to an aromatic ring is 1. The third kappa shape index (κ3) is 3.18. The van der Waals surface area contributed by atoms with Gasteiger partial charge in [0, 0.05) is 6.54 Å². The number of nitrogens with two attached hydrogens (primary N) is 1. The van der Waals surface area contributed by atoms with Gasteiger partial charge in [-0.05, 0) is 7.05 Å². The maximum Gasteiger partial charge on any atom is 0.243 e. The van der Waals surface area contributed by atoms with Gasteiger partial charge in [0.15, 0.2) is 0 Å². The molecular formula is C5H12N6O2S. The monoisotopic (exact) mass is 220 g/mol. The summed E-state index contributed by atoms with van der Waals surface area (Å²) < 4.78 is 24.1. The summed E-state index contributed by atoms with van der Waals surface area (Å²) in [6.07, 6.45) is 0. The third-order valence-corrected chi connectivity index (χ3v) is 2.83. The van der Waals surface area contributed by atoms with E-state index in [-0.39, 0.29) is 24.2 Å². The highest BCUT2D eigenvalue weighted by Gasteiger charge is 2.06. The number of nitrogens with one attached hydrogen (secondary N) is 3. The van der Waals surface area contributed by atoms with E-state index in [0.29, 0.717) is 0 Å². The number of hydrogen-bond acceptors (Lipinski definition) is 6. The summed E-state index contributed by atoms with van der Waals surface area (Å²) in [5, 5.41) is 8.80. The van der Waals surface area contributed by atoms with E-state index in [9.17, 15) is 8.42 Å². The fourth-order valence-electron chi connectivity index (χ4n) is 0.753. The van der Waals surface area contributed by atoms with Crippen LogP contribution in [0.4, 0.5) is 11.9 Å². The van der Waals surface area contributed by atoms with Gasteiger partial charge >= 0.3 is 0 Å². The average Bonchev–Trinajstić information content (AvgIpc) is 2.51. The van der Waals surface area contributed by atoms with Crippen molar-refractivity contribution >= 4 is 21.9 Å². The Balaban J connectivity index is 2.36. The highest BCUT2D eigenvalue weighted by atomic mass is 32.2. The van der Waals surface area contributed by atoms with Crippen molar-refractivity contribution in [3.05, 3.63) is 0 Å². The van der Waals surface area contributed by atoms with Gasteiger partial charge in [-0.1, -0.05) is 0 Å². The molecule has 80 valence electrons. The van der Waals surface area contributed by atoms with Crippen molar-refractivity contribution in [1.29, 1.82) is 0 Å². The number of sulfonamides is 1. The second-order valence-corrected chi connectivity index (χ2v) is 4.54. The van der Waals surface area contributed by atoms with E-state index in [0.717, 1.165) is 0 Å². The lowest BCUT2D eigenvalue weighted by Gasteiger charge is -2.01. The van der Waals surface area contributed by atoms with Gasteiger partial charge in [0.25, 0.3) is 0 Å². The van der Waals surface area contributed by atoms with Crippen LogP contribution in [0.1, 0.15) is 0 Å². The van der Waals surface area contributed by atoms with Crippen LogP contribution in [0.2, 0.25) is 0 Å². The largest absolute Gasteiger partial charge is 0.368 e. The first-order chi connectivity index (χ1) is 6.53. The van der Waals surface area contributed by atoms with Crippen molar-refractivity contribution < 1.29 is 8.42 Å². The second-order valence-electron chi connectivity index (χ2n) is 2.49. The molecule has 1 aromatic rings. The Morgan fingerprint density at radius 1 is 1.57 bits per heavy atom. The number of aromatic amines is 1. The Hall–Kier alpha value is -1.35. The van der Waals surface area contributed by atoms with E-state index in [1.54, 1.807) is 0 Å². The molecule has 9 heteroatoms. The van der Waals surface area contributed by atoms with Gasteiger partial charge in [-0.15, -0.1) is 5.10 Å². The number of H-pyrrole nitrogens is 1. The van der Waals surface area contributed by atoms with Crippen LogP contribution >= 0.6 is 0 Å². The van der Waals surface area contributed by atoms with Crippen molar-refractivity contribution in [2.45, 2.75) is 0 Å². The highest BCUT2D eigenvalue weighted by molar-refractivity contribution is 7.89. The number of nitrogens with zero attached hydrogens (tertiary/aromatic N) is 2. The van der Waals surface area contributed by atoms with Crippen molar-refractivity contribution in [2.75, 3.05) is 30.4 Å². The summed E-state index contributed by atoms with van der Waals surface area (Å²) in [6, 6.07) is 0.